The number of aliphatic carboxylic acids is 1. The second-order valence-corrected chi connectivity index (χ2v) is 4.39. The van der Waals surface area contributed by atoms with Crippen molar-refractivity contribution in [1.82, 2.24) is 4.90 Å². The summed E-state index contributed by atoms with van der Waals surface area (Å²) in [5, 5.41) is 18.3. The minimum atomic E-state index is -0.994. The summed E-state index contributed by atoms with van der Waals surface area (Å²) in [6, 6.07) is -0.797. The standard InChI is InChI=1S/C10H17NO4/c1-6(2)3-8(10(14)15)11-5-7(12)4-9(11)13/h6-8,12H,3-5H2,1-2H3,(H,14,15). The molecule has 1 aliphatic heterocycles. The summed E-state index contributed by atoms with van der Waals surface area (Å²) in [4.78, 5) is 23.7. The molecular weight excluding hydrogens is 198 g/mol. The lowest BCUT2D eigenvalue weighted by atomic mass is 10.0. The molecule has 2 N–H and O–H groups in total. The lowest BCUT2D eigenvalue weighted by Gasteiger charge is -2.25. The first kappa shape index (κ1) is 12.0. The number of rotatable bonds is 4. The number of carbonyl (C=O) groups excluding carboxylic acids is 1. The number of hydrogen-bond donors (Lipinski definition) is 2. The zero-order valence-electron chi connectivity index (χ0n) is 9.01. The van der Waals surface area contributed by atoms with Crippen LogP contribution in [0.2, 0.25) is 0 Å². The molecule has 0 saturated carbocycles. The number of carboxylic acids is 1. The molecule has 0 radical (unpaired) electrons. The molecular formula is C10H17NO4. The van der Waals surface area contributed by atoms with E-state index in [0.717, 1.165) is 0 Å². The molecule has 1 fully saturated rings. The lowest BCUT2D eigenvalue weighted by Crippen LogP contribution is -2.43. The number of likely N-dealkylation sites (tertiary alicyclic amines) is 1. The van der Waals surface area contributed by atoms with Gasteiger partial charge in [0, 0.05) is 6.54 Å². The quantitative estimate of drug-likeness (QED) is 0.696. The van der Waals surface area contributed by atoms with Crippen LogP contribution in [0.1, 0.15) is 26.7 Å². The summed E-state index contributed by atoms with van der Waals surface area (Å²) in [6.07, 6.45) is -0.248. The fraction of sp³-hybridized carbons (Fsp3) is 0.800. The van der Waals surface area contributed by atoms with Crippen LogP contribution in [0.3, 0.4) is 0 Å². The van der Waals surface area contributed by atoms with Crippen LogP contribution in [0, 0.1) is 5.92 Å². The highest BCUT2D eigenvalue weighted by Gasteiger charge is 2.36. The van der Waals surface area contributed by atoms with Gasteiger partial charge in [-0.3, -0.25) is 4.79 Å². The first-order valence-electron chi connectivity index (χ1n) is 5.12. The predicted molar refractivity (Wildman–Crippen MR) is 53.2 cm³/mol. The van der Waals surface area contributed by atoms with Crippen LogP contribution in [-0.2, 0) is 9.59 Å². The molecule has 86 valence electrons. The Morgan fingerprint density at radius 3 is 2.53 bits per heavy atom. The third-order valence-electron chi connectivity index (χ3n) is 2.49. The molecule has 0 aromatic rings. The number of amides is 1. The van der Waals surface area contributed by atoms with Crippen LogP contribution < -0.4 is 0 Å². The molecule has 15 heavy (non-hydrogen) atoms. The van der Waals surface area contributed by atoms with Gasteiger partial charge in [0.15, 0.2) is 0 Å². The smallest absolute Gasteiger partial charge is 0.326 e. The Morgan fingerprint density at radius 1 is 1.60 bits per heavy atom. The maximum Gasteiger partial charge on any atom is 0.326 e. The molecule has 0 aliphatic carbocycles. The van der Waals surface area contributed by atoms with Crippen molar-refractivity contribution in [3.05, 3.63) is 0 Å². The van der Waals surface area contributed by atoms with E-state index in [1.807, 2.05) is 13.8 Å². The lowest BCUT2D eigenvalue weighted by molar-refractivity contribution is -0.149. The Labute approximate surface area is 88.7 Å². The number of nitrogens with zero attached hydrogens (tertiary/aromatic N) is 1. The molecule has 1 saturated heterocycles. The van der Waals surface area contributed by atoms with Crippen molar-refractivity contribution in [2.45, 2.75) is 38.8 Å². The highest BCUT2D eigenvalue weighted by Crippen LogP contribution is 2.19. The fourth-order valence-corrected chi connectivity index (χ4v) is 1.82. The van der Waals surface area contributed by atoms with Crippen molar-refractivity contribution in [3.63, 3.8) is 0 Å². The maximum absolute atomic E-state index is 11.4. The van der Waals surface area contributed by atoms with Gasteiger partial charge in [-0.15, -0.1) is 0 Å². The van der Waals surface area contributed by atoms with Gasteiger partial charge in [0.25, 0.3) is 0 Å². The molecule has 1 aliphatic rings. The van der Waals surface area contributed by atoms with Crippen molar-refractivity contribution < 1.29 is 19.8 Å². The van der Waals surface area contributed by atoms with E-state index in [9.17, 15) is 14.7 Å². The summed E-state index contributed by atoms with van der Waals surface area (Å²) >= 11 is 0. The summed E-state index contributed by atoms with van der Waals surface area (Å²) in [5.74, 6) is -1.06. The van der Waals surface area contributed by atoms with Gasteiger partial charge in [0.1, 0.15) is 6.04 Å². The normalized spacial score (nSPS) is 23.6. The molecule has 5 heteroatoms. The Morgan fingerprint density at radius 2 is 2.20 bits per heavy atom. The van der Waals surface area contributed by atoms with Crippen molar-refractivity contribution >= 4 is 11.9 Å². The average Bonchev–Trinajstić information content (AvgIpc) is 2.40. The maximum atomic E-state index is 11.4. The van der Waals surface area contributed by atoms with Gasteiger partial charge in [-0.05, 0) is 12.3 Å². The Balaban J connectivity index is 2.72. The molecule has 1 heterocycles. The van der Waals surface area contributed by atoms with E-state index >= 15 is 0 Å². The van der Waals surface area contributed by atoms with Crippen LogP contribution in [0.15, 0.2) is 0 Å². The van der Waals surface area contributed by atoms with Gasteiger partial charge in [-0.25, -0.2) is 4.79 Å². The Bertz CT molecular complexity index is 264. The molecule has 0 bridgehead atoms. The number of β-amino-alcohol motifs (C(OH)–C–C–N with tert-alkyl or cyclic N) is 1. The van der Waals surface area contributed by atoms with Gasteiger partial charge < -0.3 is 15.1 Å². The topological polar surface area (TPSA) is 77.8 Å². The molecule has 2 atom stereocenters. The average molecular weight is 215 g/mol. The molecule has 0 aromatic carbocycles. The van der Waals surface area contributed by atoms with Crippen molar-refractivity contribution in [2.24, 2.45) is 5.92 Å². The molecule has 5 nitrogen and oxygen atoms in total. The van der Waals surface area contributed by atoms with E-state index in [4.69, 9.17) is 5.11 Å². The summed E-state index contributed by atoms with van der Waals surface area (Å²) < 4.78 is 0. The second kappa shape index (κ2) is 4.61. The highest BCUT2D eigenvalue weighted by atomic mass is 16.4. The van der Waals surface area contributed by atoms with Gasteiger partial charge in [0.2, 0.25) is 5.91 Å². The SMILES string of the molecule is CC(C)CC(C(=O)O)N1CC(O)CC1=O. The van der Waals surface area contributed by atoms with Gasteiger partial charge in [-0.1, -0.05) is 13.8 Å². The number of aliphatic hydroxyl groups excluding tert-OH is 1. The van der Waals surface area contributed by atoms with Gasteiger partial charge >= 0.3 is 5.97 Å². The third kappa shape index (κ3) is 2.92. The van der Waals surface area contributed by atoms with Crippen LogP contribution in [0.5, 0.6) is 0 Å². The monoisotopic (exact) mass is 215 g/mol. The first-order chi connectivity index (χ1) is 6.91. The first-order valence-corrected chi connectivity index (χ1v) is 5.12. The van der Waals surface area contributed by atoms with Gasteiger partial charge in [-0.2, -0.15) is 0 Å². The van der Waals surface area contributed by atoms with E-state index in [-0.39, 0.29) is 24.8 Å². The number of carbonyl (C=O) groups is 2. The van der Waals surface area contributed by atoms with Gasteiger partial charge in [0.05, 0.1) is 12.5 Å². The highest BCUT2D eigenvalue weighted by molar-refractivity contribution is 5.85. The molecule has 1 amide bonds. The number of hydrogen-bond acceptors (Lipinski definition) is 3. The second-order valence-electron chi connectivity index (χ2n) is 4.39. The Hall–Kier alpha value is -1.10. The molecule has 2 unspecified atom stereocenters. The number of carboxylic acid groups (broad SMARTS) is 1. The van der Waals surface area contributed by atoms with Crippen LogP contribution in [-0.4, -0.2) is 45.7 Å². The zero-order valence-corrected chi connectivity index (χ0v) is 9.01. The van der Waals surface area contributed by atoms with Crippen LogP contribution in [0.25, 0.3) is 0 Å². The van der Waals surface area contributed by atoms with E-state index in [0.29, 0.717) is 6.42 Å². The van der Waals surface area contributed by atoms with Crippen molar-refractivity contribution in [2.75, 3.05) is 6.54 Å². The third-order valence-corrected chi connectivity index (χ3v) is 2.49. The van der Waals surface area contributed by atoms with Crippen LogP contribution in [0.4, 0.5) is 0 Å². The minimum Gasteiger partial charge on any atom is -0.480 e. The summed E-state index contributed by atoms with van der Waals surface area (Å²) in [7, 11) is 0. The molecule has 0 spiro atoms. The zero-order chi connectivity index (χ0) is 11.6. The van der Waals surface area contributed by atoms with E-state index in [1.54, 1.807) is 0 Å². The van der Waals surface area contributed by atoms with Crippen LogP contribution >= 0.6 is 0 Å². The number of aliphatic hydroxyl groups is 1. The molecule has 0 aromatic heterocycles. The summed E-state index contributed by atoms with van der Waals surface area (Å²) in [6.45, 7) is 3.96. The minimum absolute atomic E-state index is 0.0435. The van der Waals surface area contributed by atoms with E-state index in [2.05, 4.69) is 0 Å². The van der Waals surface area contributed by atoms with Crippen molar-refractivity contribution in [3.8, 4) is 0 Å². The van der Waals surface area contributed by atoms with E-state index in [1.165, 1.54) is 4.90 Å². The predicted octanol–water partition coefficient (Wildman–Crippen LogP) is 0.0789. The van der Waals surface area contributed by atoms with E-state index < -0.39 is 18.1 Å². The fourth-order valence-electron chi connectivity index (χ4n) is 1.82. The summed E-state index contributed by atoms with van der Waals surface area (Å²) in [5.41, 5.74) is 0. The Kier molecular flexibility index (Phi) is 3.68. The van der Waals surface area contributed by atoms with Crippen molar-refractivity contribution in [1.29, 1.82) is 0 Å². The molecule has 1 rings (SSSR count). The largest absolute Gasteiger partial charge is 0.480 e.